The van der Waals surface area contributed by atoms with Crippen LogP contribution >= 0.6 is 0 Å². The molecule has 0 saturated carbocycles. The molecule has 190 valence electrons. The van der Waals surface area contributed by atoms with Crippen molar-refractivity contribution in [3.8, 4) is 0 Å². The molecule has 1 aliphatic heterocycles. The van der Waals surface area contributed by atoms with Crippen molar-refractivity contribution >= 4 is 30.5 Å². The summed E-state index contributed by atoms with van der Waals surface area (Å²) in [5, 5.41) is 14.5. The molecule has 0 aliphatic carbocycles. The van der Waals surface area contributed by atoms with Crippen LogP contribution in [0.4, 0.5) is 4.79 Å². The Hall–Kier alpha value is -1.83. The van der Waals surface area contributed by atoms with Crippen molar-refractivity contribution in [1.82, 2.24) is 4.90 Å². The second kappa shape index (κ2) is 10.4. The van der Waals surface area contributed by atoms with Crippen LogP contribution in [0.15, 0.2) is 28.7 Å². The van der Waals surface area contributed by atoms with Gasteiger partial charge in [0.05, 0.1) is 11.0 Å². The van der Waals surface area contributed by atoms with Gasteiger partial charge in [-0.05, 0) is 58.9 Å². The quantitative estimate of drug-likeness (QED) is 0.384. The molecule has 1 fully saturated rings. The van der Waals surface area contributed by atoms with Crippen molar-refractivity contribution < 1.29 is 23.8 Å². The fourth-order valence-electron chi connectivity index (χ4n) is 4.83. The first-order valence-corrected chi connectivity index (χ1v) is 16.1. The highest BCUT2D eigenvalue weighted by Crippen LogP contribution is 2.43. The summed E-state index contributed by atoms with van der Waals surface area (Å²) < 4.78 is 17.3. The number of hydrogen-bond acceptors (Lipinski definition) is 5. The van der Waals surface area contributed by atoms with E-state index < -0.39 is 19.3 Å². The molecular formula is C27H43NO5Si. The Labute approximate surface area is 205 Å². The maximum Gasteiger partial charge on any atom is 0.410 e. The van der Waals surface area contributed by atoms with Gasteiger partial charge in [0.15, 0.2) is 0 Å². The first-order valence-electron chi connectivity index (χ1n) is 12.6. The van der Waals surface area contributed by atoms with Crippen LogP contribution in [0.3, 0.4) is 0 Å². The summed E-state index contributed by atoms with van der Waals surface area (Å²) in [6.07, 6.45) is 3.65. The highest BCUT2D eigenvalue weighted by atomic mass is 28.3. The number of piperidine rings is 1. The maximum absolute atomic E-state index is 12.8. The van der Waals surface area contributed by atoms with Crippen LogP contribution in [0.25, 0.3) is 11.0 Å². The van der Waals surface area contributed by atoms with E-state index in [1.165, 1.54) is 0 Å². The minimum absolute atomic E-state index is 0.109. The zero-order valence-electron chi connectivity index (χ0n) is 22.1. The summed E-state index contributed by atoms with van der Waals surface area (Å²) in [7, 11) is 0.0448. The number of rotatable bonds is 8. The molecule has 1 aliphatic rings. The highest BCUT2D eigenvalue weighted by molar-refractivity contribution is 6.87. The molecule has 0 radical (unpaired) electrons. The van der Waals surface area contributed by atoms with Crippen LogP contribution in [-0.4, -0.2) is 56.6 Å². The molecular weight excluding hydrogens is 446 g/mol. The van der Waals surface area contributed by atoms with Crippen molar-refractivity contribution in [2.24, 2.45) is 5.92 Å². The van der Waals surface area contributed by atoms with Gasteiger partial charge in [0, 0.05) is 43.7 Å². The predicted molar refractivity (Wildman–Crippen MR) is 139 cm³/mol. The van der Waals surface area contributed by atoms with Gasteiger partial charge >= 0.3 is 6.09 Å². The molecule has 7 heteroatoms. The van der Waals surface area contributed by atoms with Crippen molar-refractivity contribution in [2.75, 3.05) is 26.8 Å². The largest absolute Gasteiger partial charge is 0.466 e. The molecule has 2 heterocycles. The molecule has 1 N–H and O–H groups in total. The number of carbonyl (C=O) groups is 1. The second-order valence-corrected chi connectivity index (χ2v) is 16.7. The summed E-state index contributed by atoms with van der Waals surface area (Å²) in [6, 6.07) is 8.22. The van der Waals surface area contributed by atoms with Crippen LogP contribution in [-0.2, 0) is 15.1 Å². The average Bonchev–Trinajstić information content (AvgIpc) is 3.20. The van der Waals surface area contributed by atoms with Crippen molar-refractivity contribution in [3.05, 3.63) is 29.8 Å². The third-order valence-electron chi connectivity index (χ3n) is 6.65. The van der Waals surface area contributed by atoms with E-state index in [9.17, 15) is 9.90 Å². The van der Waals surface area contributed by atoms with Crippen LogP contribution in [0, 0.1) is 5.92 Å². The fraction of sp³-hybridized carbons (Fsp3) is 0.667. The third-order valence-corrected chi connectivity index (χ3v) is 8.38. The molecule has 1 aromatic heterocycles. The molecule has 6 nitrogen and oxygen atoms in total. The molecule has 0 bridgehead atoms. The normalized spacial score (nSPS) is 19.3. The lowest BCUT2D eigenvalue weighted by Gasteiger charge is -2.43. The number of furan rings is 1. The van der Waals surface area contributed by atoms with Crippen LogP contribution in [0.1, 0.15) is 58.4 Å². The van der Waals surface area contributed by atoms with E-state index in [0.29, 0.717) is 26.1 Å². The first-order chi connectivity index (χ1) is 15.8. The molecule has 0 spiro atoms. The van der Waals surface area contributed by atoms with Crippen molar-refractivity contribution in [2.45, 2.75) is 83.7 Å². The fourth-order valence-corrected chi connectivity index (χ4v) is 5.83. The van der Waals surface area contributed by atoms with Gasteiger partial charge in [-0.1, -0.05) is 37.8 Å². The number of nitrogens with zero attached hydrogens (tertiary/aromatic N) is 1. The molecule has 1 aromatic carbocycles. The van der Waals surface area contributed by atoms with E-state index in [0.717, 1.165) is 47.6 Å². The molecule has 1 saturated heterocycles. The predicted octanol–water partition coefficient (Wildman–Crippen LogP) is 5.63. The third kappa shape index (κ3) is 6.23. The molecule has 3 rings (SSSR count). The Morgan fingerprint density at radius 1 is 1.24 bits per heavy atom. The zero-order chi connectivity index (χ0) is 25.1. The SMILES string of the molecule is COCCCCC(O)(c1cccc2cc([Si](C)(C)C)oc12)C1CCCN(C(=O)OC(C)(C)C)C1. The minimum Gasteiger partial charge on any atom is -0.466 e. The number of methoxy groups -OCH3 is 1. The van der Waals surface area contributed by atoms with Crippen LogP contribution in [0.2, 0.25) is 19.6 Å². The minimum atomic E-state index is -1.66. The number of carbonyl (C=O) groups excluding carboxylic acids is 1. The molecule has 2 unspecified atom stereocenters. The van der Waals surface area contributed by atoms with E-state index in [2.05, 4.69) is 31.8 Å². The smallest absolute Gasteiger partial charge is 0.410 e. The Morgan fingerprint density at radius 2 is 1.97 bits per heavy atom. The number of ether oxygens (including phenoxy) is 2. The number of unbranched alkanes of at least 4 members (excludes halogenated alkanes) is 1. The van der Waals surface area contributed by atoms with Crippen LogP contribution < -0.4 is 5.38 Å². The lowest BCUT2D eigenvalue weighted by atomic mass is 9.73. The van der Waals surface area contributed by atoms with E-state index >= 15 is 0 Å². The lowest BCUT2D eigenvalue weighted by molar-refractivity contribution is -0.0637. The van der Waals surface area contributed by atoms with Gasteiger partial charge in [0.1, 0.15) is 19.3 Å². The second-order valence-electron chi connectivity index (χ2n) is 11.7. The summed E-state index contributed by atoms with van der Waals surface area (Å²) >= 11 is 0. The van der Waals surface area contributed by atoms with E-state index in [-0.39, 0.29) is 12.0 Å². The van der Waals surface area contributed by atoms with Gasteiger partial charge in [0.2, 0.25) is 0 Å². The van der Waals surface area contributed by atoms with Crippen molar-refractivity contribution in [1.29, 1.82) is 0 Å². The van der Waals surface area contributed by atoms with Gasteiger partial charge < -0.3 is 23.9 Å². The number of likely N-dealkylation sites (tertiary alicyclic amines) is 1. The molecule has 2 atom stereocenters. The first kappa shape index (κ1) is 26.8. The molecule has 2 aromatic rings. The Morgan fingerprint density at radius 3 is 2.62 bits per heavy atom. The van der Waals surface area contributed by atoms with Gasteiger partial charge in [-0.25, -0.2) is 4.79 Å². The standard InChI is InChI=1S/C27H43NO5Si/c1-26(2,3)33-25(29)28-16-11-13-21(19-28)27(30,15-8-9-17-31-4)22-14-10-12-20-18-23(32-24(20)22)34(5,6)7/h10,12,14,18,21,30H,8-9,11,13,15-17,19H2,1-7H3. The Bertz CT molecular complexity index is 974. The zero-order valence-corrected chi connectivity index (χ0v) is 23.1. The topological polar surface area (TPSA) is 72.1 Å². The number of hydrogen-bond donors (Lipinski definition) is 1. The Balaban J connectivity index is 1.98. The maximum atomic E-state index is 12.8. The number of fused-ring (bicyclic) bond motifs is 1. The molecule has 34 heavy (non-hydrogen) atoms. The van der Waals surface area contributed by atoms with Gasteiger partial charge in [-0.3, -0.25) is 0 Å². The summed E-state index contributed by atoms with van der Waals surface area (Å²) in [4.78, 5) is 14.6. The highest BCUT2D eigenvalue weighted by Gasteiger charge is 2.43. The number of aliphatic hydroxyl groups is 1. The van der Waals surface area contributed by atoms with Crippen LogP contribution in [0.5, 0.6) is 0 Å². The number of para-hydroxylation sites is 1. The number of benzene rings is 1. The van der Waals surface area contributed by atoms with Gasteiger partial charge in [-0.15, -0.1) is 0 Å². The lowest BCUT2D eigenvalue weighted by Crippen LogP contribution is -2.49. The molecule has 1 amide bonds. The summed E-state index contributed by atoms with van der Waals surface area (Å²) in [5.41, 5.74) is -0.0396. The Kier molecular flexibility index (Phi) is 8.20. The monoisotopic (exact) mass is 489 g/mol. The van der Waals surface area contributed by atoms with Gasteiger partial charge in [-0.2, -0.15) is 0 Å². The van der Waals surface area contributed by atoms with Crippen molar-refractivity contribution in [3.63, 3.8) is 0 Å². The average molecular weight is 490 g/mol. The summed E-state index contributed by atoms with van der Waals surface area (Å²) in [6.45, 7) is 14.2. The summed E-state index contributed by atoms with van der Waals surface area (Å²) in [5.74, 6) is -0.109. The van der Waals surface area contributed by atoms with E-state index in [4.69, 9.17) is 13.9 Å². The number of amides is 1. The van der Waals surface area contributed by atoms with E-state index in [1.54, 1.807) is 12.0 Å². The van der Waals surface area contributed by atoms with Gasteiger partial charge in [0.25, 0.3) is 0 Å². The van der Waals surface area contributed by atoms with E-state index in [1.807, 2.05) is 32.9 Å².